The van der Waals surface area contributed by atoms with Crippen LogP contribution in [0.3, 0.4) is 0 Å². The van der Waals surface area contributed by atoms with E-state index < -0.39 is 0 Å². The van der Waals surface area contributed by atoms with Crippen LogP contribution >= 0.6 is 0 Å². The Morgan fingerprint density at radius 3 is 2.93 bits per heavy atom. The molecule has 0 aliphatic heterocycles. The number of ketones is 1. The first-order valence-corrected chi connectivity index (χ1v) is 5.69. The minimum absolute atomic E-state index is 0.279. The number of Topliss-reactive ketones (excluding diaryl/α,β-unsaturated/α-hetero) is 1. The van der Waals surface area contributed by atoms with Crippen LogP contribution in [0, 0.1) is 11.8 Å². The van der Waals surface area contributed by atoms with E-state index in [1.54, 1.807) is 6.20 Å². The van der Waals surface area contributed by atoms with Gasteiger partial charge < -0.3 is 0 Å². The van der Waals surface area contributed by atoms with Gasteiger partial charge in [0.2, 0.25) is 0 Å². The van der Waals surface area contributed by atoms with Crippen LogP contribution in [0.5, 0.6) is 0 Å². The van der Waals surface area contributed by atoms with E-state index in [9.17, 15) is 4.79 Å². The number of aromatic nitrogens is 2. The van der Waals surface area contributed by atoms with Crippen molar-refractivity contribution in [2.24, 2.45) is 11.8 Å². The average molecular weight is 206 g/mol. The van der Waals surface area contributed by atoms with Crippen LogP contribution in [0.2, 0.25) is 0 Å². The monoisotopic (exact) mass is 206 g/mol. The molecule has 15 heavy (non-hydrogen) atoms. The molecule has 0 aromatic carbocycles. The molecule has 0 spiro atoms. The van der Waals surface area contributed by atoms with Crippen LogP contribution in [0.15, 0.2) is 18.5 Å². The Labute approximate surface area is 90.5 Å². The van der Waals surface area contributed by atoms with Gasteiger partial charge in [0.1, 0.15) is 5.78 Å². The third-order valence-electron chi connectivity index (χ3n) is 3.41. The lowest BCUT2D eigenvalue weighted by Crippen LogP contribution is -2.31. The molecule has 3 heteroatoms. The van der Waals surface area contributed by atoms with Gasteiger partial charge in [-0.3, -0.25) is 9.48 Å². The highest BCUT2D eigenvalue weighted by atomic mass is 16.1. The molecule has 2 unspecified atom stereocenters. The lowest BCUT2D eigenvalue weighted by Gasteiger charge is -2.33. The predicted octanol–water partition coefficient (Wildman–Crippen LogP) is 2.45. The second kappa shape index (κ2) is 4.17. The van der Waals surface area contributed by atoms with Crippen LogP contribution in [-0.2, 0) is 4.79 Å². The number of carbonyl (C=O) groups is 1. The Balaban J connectivity index is 2.20. The van der Waals surface area contributed by atoms with E-state index in [4.69, 9.17) is 0 Å². The van der Waals surface area contributed by atoms with Gasteiger partial charge in [-0.25, -0.2) is 0 Å². The van der Waals surface area contributed by atoms with Crippen LogP contribution in [-0.4, -0.2) is 15.6 Å². The summed E-state index contributed by atoms with van der Waals surface area (Å²) < 4.78 is 1.96. The third-order valence-corrected chi connectivity index (χ3v) is 3.41. The molecule has 1 aliphatic carbocycles. The van der Waals surface area contributed by atoms with E-state index >= 15 is 0 Å². The molecule has 2 atom stereocenters. The molecule has 2 rings (SSSR count). The number of carbonyl (C=O) groups excluding carboxylic acids is 1. The van der Waals surface area contributed by atoms with Gasteiger partial charge in [0.25, 0.3) is 0 Å². The van der Waals surface area contributed by atoms with Crippen molar-refractivity contribution in [1.29, 1.82) is 0 Å². The molecule has 0 N–H and O–H groups in total. The Hall–Kier alpha value is -1.12. The normalized spacial score (nSPS) is 27.3. The maximum Gasteiger partial charge on any atom is 0.135 e. The number of hydrogen-bond donors (Lipinski definition) is 0. The zero-order valence-electron chi connectivity index (χ0n) is 9.39. The summed E-state index contributed by atoms with van der Waals surface area (Å²) in [7, 11) is 0. The minimum Gasteiger partial charge on any atom is -0.300 e. The molecule has 0 bridgehead atoms. The molecular weight excluding hydrogens is 188 g/mol. The Morgan fingerprint density at radius 1 is 1.53 bits per heavy atom. The Bertz CT molecular complexity index is 329. The number of nitrogens with zero attached hydrogens (tertiary/aromatic N) is 2. The van der Waals surface area contributed by atoms with Crippen LogP contribution < -0.4 is 0 Å². The molecule has 1 aliphatic rings. The van der Waals surface area contributed by atoms with Gasteiger partial charge >= 0.3 is 0 Å². The molecule has 0 radical (unpaired) electrons. The fourth-order valence-corrected chi connectivity index (χ4v) is 2.55. The first kappa shape index (κ1) is 10.4. The molecule has 1 fully saturated rings. The summed E-state index contributed by atoms with van der Waals surface area (Å²) in [5.74, 6) is 1.59. The van der Waals surface area contributed by atoms with Crippen molar-refractivity contribution in [1.82, 2.24) is 9.78 Å². The molecule has 1 aromatic heterocycles. The smallest absolute Gasteiger partial charge is 0.135 e. The van der Waals surface area contributed by atoms with E-state index in [1.807, 2.05) is 16.9 Å². The molecule has 1 heterocycles. The highest BCUT2D eigenvalue weighted by Gasteiger charge is 2.32. The lowest BCUT2D eigenvalue weighted by molar-refractivity contribution is -0.122. The van der Waals surface area contributed by atoms with E-state index in [1.165, 1.54) is 0 Å². The molecule has 1 saturated carbocycles. The molecule has 0 amide bonds. The first-order valence-electron chi connectivity index (χ1n) is 5.69. The van der Waals surface area contributed by atoms with E-state index in [-0.39, 0.29) is 6.04 Å². The van der Waals surface area contributed by atoms with Crippen molar-refractivity contribution in [3.05, 3.63) is 18.5 Å². The van der Waals surface area contributed by atoms with Crippen molar-refractivity contribution in [2.45, 2.75) is 39.2 Å². The van der Waals surface area contributed by atoms with Gasteiger partial charge in [-0.2, -0.15) is 5.10 Å². The quantitative estimate of drug-likeness (QED) is 0.745. The SMILES string of the molecule is CC(C)C1CCC(=O)CC1n1cccn1. The number of hydrogen-bond acceptors (Lipinski definition) is 2. The van der Waals surface area contributed by atoms with Gasteiger partial charge in [-0.1, -0.05) is 13.8 Å². The predicted molar refractivity (Wildman–Crippen MR) is 58.5 cm³/mol. The van der Waals surface area contributed by atoms with Crippen molar-refractivity contribution in [2.75, 3.05) is 0 Å². The molecule has 0 saturated heterocycles. The molecule has 82 valence electrons. The van der Waals surface area contributed by atoms with Crippen LogP contribution in [0.1, 0.15) is 39.2 Å². The summed E-state index contributed by atoms with van der Waals surface area (Å²) in [5, 5.41) is 4.27. The van der Waals surface area contributed by atoms with Crippen LogP contribution in [0.4, 0.5) is 0 Å². The van der Waals surface area contributed by atoms with Crippen molar-refractivity contribution in [3.63, 3.8) is 0 Å². The zero-order chi connectivity index (χ0) is 10.8. The summed E-state index contributed by atoms with van der Waals surface area (Å²) in [6, 6.07) is 2.21. The van der Waals surface area contributed by atoms with E-state index in [0.29, 0.717) is 24.0 Å². The third kappa shape index (κ3) is 2.11. The van der Waals surface area contributed by atoms with Crippen molar-refractivity contribution < 1.29 is 4.79 Å². The van der Waals surface area contributed by atoms with Crippen molar-refractivity contribution in [3.8, 4) is 0 Å². The summed E-state index contributed by atoms with van der Waals surface area (Å²) in [5.41, 5.74) is 0. The molecular formula is C12H18N2O. The zero-order valence-corrected chi connectivity index (χ0v) is 9.39. The van der Waals surface area contributed by atoms with E-state index in [2.05, 4.69) is 18.9 Å². The fourth-order valence-electron chi connectivity index (χ4n) is 2.55. The Kier molecular flexibility index (Phi) is 2.89. The average Bonchev–Trinajstić information content (AvgIpc) is 2.69. The van der Waals surface area contributed by atoms with Gasteiger partial charge in [0.05, 0.1) is 6.04 Å². The maximum absolute atomic E-state index is 11.5. The summed E-state index contributed by atoms with van der Waals surface area (Å²) in [6.07, 6.45) is 6.18. The summed E-state index contributed by atoms with van der Waals surface area (Å²) in [6.45, 7) is 4.47. The summed E-state index contributed by atoms with van der Waals surface area (Å²) >= 11 is 0. The lowest BCUT2D eigenvalue weighted by atomic mass is 9.77. The van der Waals surface area contributed by atoms with E-state index in [0.717, 1.165) is 12.8 Å². The van der Waals surface area contributed by atoms with Gasteiger partial charge in [0, 0.05) is 25.2 Å². The first-order chi connectivity index (χ1) is 7.18. The van der Waals surface area contributed by atoms with Crippen molar-refractivity contribution >= 4 is 5.78 Å². The van der Waals surface area contributed by atoms with Gasteiger partial charge in [0.15, 0.2) is 0 Å². The van der Waals surface area contributed by atoms with Crippen LogP contribution in [0.25, 0.3) is 0 Å². The second-order valence-corrected chi connectivity index (χ2v) is 4.74. The highest BCUT2D eigenvalue weighted by molar-refractivity contribution is 5.79. The number of rotatable bonds is 2. The summed E-state index contributed by atoms with van der Waals surface area (Å²) in [4.78, 5) is 11.5. The van der Waals surface area contributed by atoms with Gasteiger partial charge in [-0.05, 0) is 24.3 Å². The maximum atomic E-state index is 11.5. The second-order valence-electron chi connectivity index (χ2n) is 4.74. The minimum atomic E-state index is 0.279. The Morgan fingerprint density at radius 2 is 2.33 bits per heavy atom. The van der Waals surface area contributed by atoms with Gasteiger partial charge in [-0.15, -0.1) is 0 Å². The standard InChI is InChI=1S/C12H18N2O/c1-9(2)11-5-4-10(15)8-12(11)14-7-3-6-13-14/h3,6-7,9,11-12H,4-5,8H2,1-2H3. The fraction of sp³-hybridized carbons (Fsp3) is 0.667. The topological polar surface area (TPSA) is 34.9 Å². The molecule has 3 nitrogen and oxygen atoms in total. The highest BCUT2D eigenvalue weighted by Crippen LogP contribution is 2.36. The largest absolute Gasteiger partial charge is 0.300 e. The molecule has 1 aromatic rings.